The molecule has 0 spiro atoms. The molecule has 0 bridgehead atoms. The molecule has 0 aliphatic carbocycles. The van der Waals surface area contributed by atoms with Crippen molar-refractivity contribution in [2.24, 2.45) is 5.16 Å². The summed E-state index contributed by atoms with van der Waals surface area (Å²) in [5.74, 6) is 0. The van der Waals surface area contributed by atoms with Gasteiger partial charge in [0, 0.05) is 0 Å². The number of rotatable bonds is 0. The molecule has 0 aromatic rings. The Hall–Kier alpha value is -0.570. The first kappa shape index (κ1) is 3.61. The summed E-state index contributed by atoms with van der Waals surface area (Å²) in [6.45, 7) is 0.729. The van der Waals surface area contributed by atoms with Gasteiger partial charge in [0.15, 0.2) is 0 Å². The van der Waals surface area contributed by atoms with Gasteiger partial charge in [-0.3, -0.25) is 0 Å². The summed E-state index contributed by atoms with van der Waals surface area (Å²) < 4.78 is 4.64. The van der Waals surface area contributed by atoms with Crippen LogP contribution in [0.25, 0.3) is 0 Å². The van der Waals surface area contributed by atoms with Crippen molar-refractivity contribution >= 4 is 6.21 Å². The van der Waals surface area contributed by atoms with Gasteiger partial charge in [-0.2, -0.15) is 0 Å². The summed E-state index contributed by atoms with van der Waals surface area (Å²) in [4.78, 5) is 4.36. The maximum absolute atomic E-state index is 4.64. The second kappa shape index (κ2) is 1.77. The van der Waals surface area contributed by atoms with Crippen molar-refractivity contribution in [1.82, 2.24) is 0 Å². The van der Waals surface area contributed by atoms with Crippen LogP contribution >= 0.6 is 0 Å². The quantitative estimate of drug-likeness (QED) is 0.410. The van der Waals surface area contributed by atoms with Gasteiger partial charge in [0.1, 0.15) is 6.21 Å². The van der Waals surface area contributed by atoms with E-state index in [4.69, 9.17) is 0 Å². The molecule has 0 saturated heterocycles. The van der Waals surface area contributed by atoms with Crippen LogP contribution in [0.15, 0.2) is 5.16 Å². The SMILES string of the molecule is [C]1=NOCOC1. The summed E-state index contributed by atoms with van der Waals surface area (Å²) in [6.07, 6.45) is 2.47. The average Bonchev–Trinajstić information content (AvgIpc) is 1.72. The molecule has 3 heteroatoms. The summed E-state index contributed by atoms with van der Waals surface area (Å²) in [5.41, 5.74) is 0. The van der Waals surface area contributed by atoms with E-state index in [1.54, 1.807) is 0 Å². The molecule has 1 aliphatic rings. The van der Waals surface area contributed by atoms with Crippen molar-refractivity contribution in [2.75, 3.05) is 13.4 Å². The first-order valence-corrected chi connectivity index (χ1v) is 1.63. The molecule has 1 aliphatic heterocycles. The van der Waals surface area contributed by atoms with Crippen LogP contribution in [-0.4, -0.2) is 19.6 Å². The smallest absolute Gasteiger partial charge is 0.216 e. The van der Waals surface area contributed by atoms with Gasteiger partial charge >= 0.3 is 0 Å². The van der Waals surface area contributed by atoms with Crippen LogP contribution in [-0.2, 0) is 9.57 Å². The van der Waals surface area contributed by atoms with Gasteiger partial charge in [-0.15, -0.1) is 0 Å². The Balaban J connectivity index is 2.26. The van der Waals surface area contributed by atoms with Crippen molar-refractivity contribution in [3.05, 3.63) is 0 Å². The van der Waals surface area contributed by atoms with Crippen molar-refractivity contribution in [3.8, 4) is 0 Å². The Morgan fingerprint density at radius 1 is 1.67 bits per heavy atom. The minimum Gasteiger partial charge on any atom is -0.367 e. The van der Waals surface area contributed by atoms with E-state index in [9.17, 15) is 0 Å². The monoisotopic (exact) mass is 86.0 g/mol. The minimum atomic E-state index is 0.271. The van der Waals surface area contributed by atoms with E-state index >= 15 is 0 Å². The molecule has 3 nitrogen and oxygen atoms in total. The summed E-state index contributed by atoms with van der Waals surface area (Å²) in [5, 5.41) is 3.30. The summed E-state index contributed by atoms with van der Waals surface area (Å²) >= 11 is 0. The van der Waals surface area contributed by atoms with Crippen molar-refractivity contribution in [2.45, 2.75) is 0 Å². The topological polar surface area (TPSA) is 30.8 Å². The van der Waals surface area contributed by atoms with E-state index in [1.165, 1.54) is 0 Å². The Morgan fingerprint density at radius 2 is 2.67 bits per heavy atom. The molecule has 0 fully saturated rings. The highest BCUT2D eigenvalue weighted by Gasteiger charge is 1.87. The van der Waals surface area contributed by atoms with Crippen LogP contribution in [0.2, 0.25) is 0 Å². The lowest BCUT2D eigenvalue weighted by Gasteiger charge is -2.00. The zero-order chi connectivity index (χ0) is 4.24. The predicted molar refractivity (Wildman–Crippen MR) is 19.3 cm³/mol. The van der Waals surface area contributed by atoms with E-state index in [-0.39, 0.29) is 6.79 Å². The minimum absolute atomic E-state index is 0.271. The number of ether oxygens (including phenoxy) is 1. The van der Waals surface area contributed by atoms with Gasteiger partial charge in [0.2, 0.25) is 6.79 Å². The fourth-order valence-electron chi connectivity index (χ4n) is 0.223. The molecule has 0 amide bonds. The number of hydrogen-bond donors (Lipinski definition) is 0. The lowest BCUT2D eigenvalue weighted by molar-refractivity contribution is -0.0526. The molecule has 0 aromatic heterocycles. The van der Waals surface area contributed by atoms with Crippen LogP contribution in [0.4, 0.5) is 0 Å². The van der Waals surface area contributed by atoms with E-state index in [1.807, 2.05) is 0 Å². The molecule has 6 heavy (non-hydrogen) atoms. The largest absolute Gasteiger partial charge is 0.367 e. The van der Waals surface area contributed by atoms with E-state index in [0.717, 1.165) is 0 Å². The van der Waals surface area contributed by atoms with Crippen molar-refractivity contribution in [3.63, 3.8) is 0 Å². The fourth-order valence-corrected chi connectivity index (χ4v) is 0.223. The zero-order valence-corrected chi connectivity index (χ0v) is 3.18. The number of hydrogen-bond acceptors (Lipinski definition) is 3. The Labute approximate surface area is 35.5 Å². The zero-order valence-electron chi connectivity index (χ0n) is 3.18. The normalized spacial score (nSPS) is 20.0. The van der Waals surface area contributed by atoms with Gasteiger partial charge in [0.25, 0.3) is 0 Å². The van der Waals surface area contributed by atoms with Crippen LogP contribution in [0, 0.1) is 0 Å². The molecule has 0 saturated carbocycles. The lowest BCUT2D eigenvalue weighted by Crippen LogP contribution is -2.04. The highest BCUT2D eigenvalue weighted by molar-refractivity contribution is 5.57. The van der Waals surface area contributed by atoms with Gasteiger partial charge in [-0.1, -0.05) is 5.16 Å². The maximum atomic E-state index is 4.64. The average molecular weight is 86.1 g/mol. The second-order valence-electron chi connectivity index (χ2n) is 0.845. The van der Waals surface area contributed by atoms with Gasteiger partial charge < -0.3 is 9.57 Å². The molecule has 1 heterocycles. The highest BCUT2D eigenvalue weighted by Crippen LogP contribution is 1.82. The number of nitrogens with zero attached hydrogens (tertiary/aromatic N) is 1. The molecule has 0 aromatic carbocycles. The molecule has 0 N–H and O–H groups in total. The van der Waals surface area contributed by atoms with Crippen molar-refractivity contribution in [1.29, 1.82) is 0 Å². The Morgan fingerprint density at radius 3 is 2.83 bits per heavy atom. The third-order valence-electron chi connectivity index (χ3n) is 0.432. The summed E-state index contributed by atoms with van der Waals surface area (Å²) in [7, 11) is 0. The standard InChI is InChI=1S/C3H4NO2/c1-2-5-3-6-4-1/h2-3H2. The van der Waals surface area contributed by atoms with E-state index in [2.05, 4.69) is 20.9 Å². The molecule has 1 rings (SSSR count). The molecule has 0 atom stereocenters. The van der Waals surface area contributed by atoms with E-state index in [0.29, 0.717) is 6.61 Å². The van der Waals surface area contributed by atoms with E-state index < -0.39 is 0 Å². The summed E-state index contributed by atoms with van der Waals surface area (Å²) in [6, 6.07) is 0. The molecule has 33 valence electrons. The van der Waals surface area contributed by atoms with Crippen molar-refractivity contribution < 1.29 is 9.57 Å². The predicted octanol–water partition coefficient (Wildman–Crippen LogP) is -0.146. The van der Waals surface area contributed by atoms with Gasteiger partial charge in [0.05, 0.1) is 6.61 Å². The lowest BCUT2D eigenvalue weighted by atomic mass is 10.8. The third-order valence-corrected chi connectivity index (χ3v) is 0.432. The van der Waals surface area contributed by atoms with Crippen LogP contribution in [0.5, 0.6) is 0 Å². The molecule has 0 unspecified atom stereocenters. The van der Waals surface area contributed by atoms with Crippen LogP contribution in [0.1, 0.15) is 0 Å². The first-order valence-electron chi connectivity index (χ1n) is 1.63. The Kier molecular flexibility index (Phi) is 1.06. The molecular formula is C3H4NO2. The highest BCUT2D eigenvalue weighted by atomic mass is 16.7. The first-order chi connectivity index (χ1) is 3.00. The third kappa shape index (κ3) is 0.687. The maximum Gasteiger partial charge on any atom is 0.216 e. The van der Waals surface area contributed by atoms with Crippen LogP contribution in [0.3, 0.4) is 0 Å². The second-order valence-corrected chi connectivity index (χ2v) is 0.845. The fraction of sp³-hybridized carbons (Fsp3) is 0.667. The van der Waals surface area contributed by atoms with Crippen LogP contribution < -0.4 is 0 Å². The Bertz CT molecular complexity index is 53.8. The molecular weight excluding hydrogens is 82.0 g/mol. The molecule has 1 radical (unpaired) electrons. The van der Waals surface area contributed by atoms with Gasteiger partial charge in [-0.05, 0) is 0 Å². The van der Waals surface area contributed by atoms with Gasteiger partial charge in [-0.25, -0.2) is 0 Å².